The second kappa shape index (κ2) is 8.80. The Balaban J connectivity index is 1.53. The van der Waals surface area contributed by atoms with Crippen LogP contribution >= 0.6 is 0 Å². The van der Waals surface area contributed by atoms with Crippen LogP contribution in [-0.2, 0) is 6.42 Å². The number of aryl methyl sites for hydroxylation is 1. The van der Waals surface area contributed by atoms with Crippen LogP contribution in [0.25, 0.3) is 0 Å². The first-order valence-electron chi connectivity index (χ1n) is 8.71. The smallest absolute Gasteiger partial charge is 0.275 e. The zero-order valence-electron chi connectivity index (χ0n) is 15.4. The van der Waals surface area contributed by atoms with Crippen LogP contribution in [0.15, 0.2) is 60.9 Å². The van der Waals surface area contributed by atoms with Gasteiger partial charge in [-0.2, -0.15) is 0 Å². The van der Waals surface area contributed by atoms with Gasteiger partial charge in [0.2, 0.25) is 0 Å². The molecule has 2 aromatic carbocycles. The summed E-state index contributed by atoms with van der Waals surface area (Å²) >= 11 is 0. The highest BCUT2D eigenvalue weighted by Crippen LogP contribution is 2.17. The van der Waals surface area contributed by atoms with Gasteiger partial charge in [0.05, 0.1) is 19.5 Å². The maximum atomic E-state index is 12.2. The van der Waals surface area contributed by atoms with E-state index >= 15 is 0 Å². The molecule has 3 aromatic rings. The molecule has 0 aliphatic rings. The van der Waals surface area contributed by atoms with Gasteiger partial charge in [0.15, 0.2) is 0 Å². The van der Waals surface area contributed by atoms with Crippen molar-refractivity contribution in [2.24, 2.45) is 0 Å². The Hall–Kier alpha value is -3.41. The van der Waals surface area contributed by atoms with E-state index in [0.717, 1.165) is 29.0 Å². The van der Waals surface area contributed by atoms with Crippen LogP contribution in [0.4, 0.5) is 11.5 Å². The van der Waals surface area contributed by atoms with Crippen LogP contribution in [0.3, 0.4) is 0 Å². The SMILES string of the molecule is COc1ccccc1CCNc1cnc(C(=O)Nc2ccc(C)cc2)cn1. The molecule has 0 spiro atoms. The van der Waals surface area contributed by atoms with Gasteiger partial charge in [-0.3, -0.25) is 4.79 Å². The third-order valence-electron chi connectivity index (χ3n) is 4.09. The van der Waals surface area contributed by atoms with E-state index in [9.17, 15) is 4.79 Å². The minimum atomic E-state index is -0.285. The van der Waals surface area contributed by atoms with E-state index in [-0.39, 0.29) is 11.6 Å². The van der Waals surface area contributed by atoms with E-state index in [1.165, 1.54) is 6.20 Å². The van der Waals surface area contributed by atoms with Gasteiger partial charge in [-0.25, -0.2) is 9.97 Å². The van der Waals surface area contributed by atoms with Crippen LogP contribution in [0.2, 0.25) is 0 Å². The summed E-state index contributed by atoms with van der Waals surface area (Å²) in [6, 6.07) is 15.5. The number of methoxy groups -OCH3 is 1. The number of benzene rings is 2. The largest absolute Gasteiger partial charge is 0.496 e. The lowest BCUT2D eigenvalue weighted by Gasteiger charge is -2.09. The van der Waals surface area contributed by atoms with E-state index in [2.05, 4.69) is 20.6 Å². The molecule has 0 saturated carbocycles. The number of amides is 1. The molecule has 0 aliphatic carbocycles. The van der Waals surface area contributed by atoms with Crippen LogP contribution in [0.5, 0.6) is 5.75 Å². The van der Waals surface area contributed by atoms with E-state index < -0.39 is 0 Å². The van der Waals surface area contributed by atoms with Crippen molar-refractivity contribution in [1.82, 2.24) is 9.97 Å². The third-order valence-corrected chi connectivity index (χ3v) is 4.09. The first kappa shape index (κ1) is 18.4. The van der Waals surface area contributed by atoms with Crippen LogP contribution in [0.1, 0.15) is 21.6 Å². The summed E-state index contributed by atoms with van der Waals surface area (Å²) < 4.78 is 5.35. The Kier molecular flexibility index (Phi) is 5.99. The van der Waals surface area contributed by atoms with Crippen molar-refractivity contribution in [2.45, 2.75) is 13.3 Å². The number of para-hydroxylation sites is 1. The summed E-state index contributed by atoms with van der Waals surface area (Å²) in [6.07, 6.45) is 3.82. The molecule has 0 bridgehead atoms. The summed E-state index contributed by atoms with van der Waals surface area (Å²) in [5.74, 6) is 1.21. The summed E-state index contributed by atoms with van der Waals surface area (Å²) in [5, 5.41) is 6.01. The molecule has 0 atom stereocenters. The van der Waals surface area contributed by atoms with Crippen molar-refractivity contribution in [3.05, 3.63) is 77.7 Å². The standard InChI is InChI=1S/C21H22N4O2/c1-15-7-9-17(10-8-15)25-21(26)18-13-24-20(14-23-18)22-12-11-16-5-3-4-6-19(16)27-2/h3-10,13-14H,11-12H2,1-2H3,(H,22,24)(H,25,26). The Morgan fingerprint density at radius 3 is 2.52 bits per heavy atom. The number of aromatic nitrogens is 2. The minimum absolute atomic E-state index is 0.269. The van der Waals surface area contributed by atoms with Crippen LogP contribution < -0.4 is 15.4 Å². The molecule has 138 valence electrons. The fourth-order valence-electron chi connectivity index (χ4n) is 2.60. The van der Waals surface area contributed by atoms with E-state index in [1.807, 2.05) is 55.5 Å². The summed E-state index contributed by atoms with van der Waals surface area (Å²) in [4.78, 5) is 20.7. The molecule has 0 saturated heterocycles. The van der Waals surface area contributed by atoms with Gasteiger partial charge < -0.3 is 15.4 Å². The van der Waals surface area contributed by atoms with E-state index in [0.29, 0.717) is 12.4 Å². The maximum Gasteiger partial charge on any atom is 0.275 e. The second-order valence-corrected chi connectivity index (χ2v) is 6.10. The first-order valence-corrected chi connectivity index (χ1v) is 8.71. The normalized spacial score (nSPS) is 10.3. The molecule has 1 aromatic heterocycles. The molecule has 1 heterocycles. The minimum Gasteiger partial charge on any atom is -0.496 e. The summed E-state index contributed by atoms with van der Waals surface area (Å²) in [7, 11) is 1.66. The van der Waals surface area contributed by atoms with Crippen molar-refractivity contribution < 1.29 is 9.53 Å². The fraction of sp³-hybridized carbons (Fsp3) is 0.190. The number of hydrogen-bond acceptors (Lipinski definition) is 5. The monoisotopic (exact) mass is 362 g/mol. The van der Waals surface area contributed by atoms with Gasteiger partial charge in [0.25, 0.3) is 5.91 Å². The second-order valence-electron chi connectivity index (χ2n) is 6.10. The van der Waals surface area contributed by atoms with Gasteiger partial charge in [-0.1, -0.05) is 35.9 Å². The predicted octanol–water partition coefficient (Wildman–Crippen LogP) is 3.70. The van der Waals surface area contributed by atoms with Gasteiger partial charge in [-0.05, 0) is 37.1 Å². The Labute approximate surface area is 158 Å². The molecule has 0 aliphatic heterocycles. The predicted molar refractivity (Wildman–Crippen MR) is 106 cm³/mol. The molecule has 3 rings (SSSR count). The molecule has 0 radical (unpaired) electrons. The van der Waals surface area contributed by atoms with Gasteiger partial charge in [0.1, 0.15) is 17.3 Å². The number of nitrogens with one attached hydrogen (secondary N) is 2. The number of carbonyl (C=O) groups excluding carboxylic acids is 1. The van der Waals surface area contributed by atoms with E-state index in [1.54, 1.807) is 13.3 Å². The lowest BCUT2D eigenvalue weighted by Crippen LogP contribution is -2.15. The van der Waals surface area contributed by atoms with Crippen molar-refractivity contribution >= 4 is 17.4 Å². The highest BCUT2D eigenvalue weighted by molar-refractivity contribution is 6.02. The lowest BCUT2D eigenvalue weighted by atomic mass is 10.1. The topological polar surface area (TPSA) is 76.1 Å². The number of nitrogens with zero attached hydrogens (tertiary/aromatic N) is 2. The molecule has 27 heavy (non-hydrogen) atoms. The molecule has 2 N–H and O–H groups in total. The molecular formula is C21H22N4O2. The van der Waals surface area contributed by atoms with Gasteiger partial charge in [0, 0.05) is 12.2 Å². The average molecular weight is 362 g/mol. The van der Waals surface area contributed by atoms with E-state index in [4.69, 9.17) is 4.74 Å². The number of rotatable bonds is 7. The first-order chi connectivity index (χ1) is 13.2. The van der Waals surface area contributed by atoms with Crippen molar-refractivity contribution in [3.8, 4) is 5.75 Å². The zero-order valence-corrected chi connectivity index (χ0v) is 15.4. The van der Waals surface area contributed by atoms with Crippen LogP contribution in [-0.4, -0.2) is 29.5 Å². The quantitative estimate of drug-likeness (QED) is 0.670. The number of hydrogen-bond donors (Lipinski definition) is 2. The molecule has 0 unspecified atom stereocenters. The maximum absolute atomic E-state index is 12.2. The highest BCUT2D eigenvalue weighted by Gasteiger charge is 2.08. The van der Waals surface area contributed by atoms with Gasteiger partial charge >= 0.3 is 0 Å². The molecule has 6 heteroatoms. The number of anilines is 2. The summed E-state index contributed by atoms with van der Waals surface area (Å²) in [6.45, 7) is 2.68. The molecule has 6 nitrogen and oxygen atoms in total. The average Bonchev–Trinajstić information content (AvgIpc) is 2.70. The van der Waals surface area contributed by atoms with Crippen molar-refractivity contribution in [1.29, 1.82) is 0 Å². The fourth-order valence-corrected chi connectivity index (χ4v) is 2.60. The molecule has 1 amide bonds. The van der Waals surface area contributed by atoms with Crippen LogP contribution in [0, 0.1) is 6.92 Å². The lowest BCUT2D eigenvalue weighted by molar-refractivity contribution is 0.102. The van der Waals surface area contributed by atoms with Crippen molar-refractivity contribution in [2.75, 3.05) is 24.3 Å². The van der Waals surface area contributed by atoms with Crippen molar-refractivity contribution in [3.63, 3.8) is 0 Å². The highest BCUT2D eigenvalue weighted by atomic mass is 16.5. The third kappa shape index (κ3) is 5.04. The Morgan fingerprint density at radius 1 is 1.04 bits per heavy atom. The number of carbonyl (C=O) groups is 1. The van der Waals surface area contributed by atoms with Gasteiger partial charge in [-0.15, -0.1) is 0 Å². The summed E-state index contributed by atoms with van der Waals surface area (Å²) in [5.41, 5.74) is 3.25. The molecule has 0 fully saturated rings. The Bertz CT molecular complexity index is 893. The zero-order chi connectivity index (χ0) is 19.1. The molecular weight excluding hydrogens is 340 g/mol. The Morgan fingerprint density at radius 2 is 1.81 bits per heavy atom. The number of ether oxygens (including phenoxy) is 1.